The van der Waals surface area contributed by atoms with Crippen LogP contribution in [0.15, 0.2) is 59.0 Å². The predicted octanol–water partition coefficient (Wildman–Crippen LogP) is 4.63. The van der Waals surface area contributed by atoms with Gasteiger partial charge in [0, 0.05) is 16.8 Å². The van der Waals surface area contributed by atoms with E-state index in [0.717, 1.165) is 16.7 Å². The van der Waals surface area contributed by atoms with E-state index >= 15 is 0 Å². The summed E-state index contributed by atoms with van der Waals surface area (Å²) in [5.41, 5.74) is 4.16. The number of furan rings is 1. The molecule has 4 heteroatoms. The summed E-state index contributed by atoms with van der Waals surface area (Å²) in [6, 6.07) is 16.4. The van der Waals surface area contributed by atoms with Crippen molar-refractivity contribution in [3.63, 3.8) is 0 Å². The molecule has 3 rings (SSSR count). The summed E-state index contributed by atoms with van der Waals surface area (Å²) in [6.45, 7) is 3.90. The molecule has 0 saturated heterocycles. The number of nitrogens with one attached hydrogen (secondary N) is 1. The fraction of sp³-hybridized carbons (Fsp3) is 0.100. The second-order valence-corrected chi connectivity index (χ2v) is 5.67. The minimum absolute atomic E-state index is 0.164. The Kier molecular flexibility index (Phi) is 4.29. The van der Waals surface area contributed by atoms with Crippen molar-refractivity contribution < 1.29 is 14.0 Å². The van der Waals surface area contributed by atoms with Gasteiger partial charge in [0.05, 0.1) is 0 Å². The summed E-state index contributed by atoms with van der Waals surface area (Å²) in [4.78, 5) is 23.1. The number of carbonyl (C=O) groups excluding carboxylic acids is 2. The van der Waals surface area contributed by atoms with Crippen LogP contribution in [-0.2, 0) is 0 Å². The molecule has 3 aromatic rings. The van der Waals surface area contributed by atoms with Gasteiger partial charge in [0.2, 0.25) is 0 Å². The van der Waals surface area contributed by atoms with Gasteiger partial charge < -0.3 is 9.73 Å². The predicted molar refractivity (Wildman–Crippen MR) is 93.4 cm³/mol. The minimum Gasteiger partial charge on any atom is -0.453 e. The number of aldehydes is 1. The Labute approximate surface area is 140 Å². The molecule has 0 fully saturated rings. The van der Waals surface area contributed by atoms with Crippen molar-refractivity contribution in [2.45, 2.75) is 13.8 Å². The van der Waals surface area contributed by atoms with E-state index in [-0.39, 0.29) is 11.7 Å². The molecule has 1 amide bonds. The fourth-order valence-electron chi connectivity index (χ4n) is 2.38. The van der Waals surface area contributed by atoms with E-state index in [4.69, 9.17) is 4.42 Å². The number of benzene rings is 2. The molecule has 0 atom stereocenters. The van der Waals surface area contributed by atoms with E-state index in [0.29, 0.717) is 23.3 Å². The summed E-state index contributed by atoms with van der Waals surface area (Å²) in [7, 11) is 0. The largest absolute Gasteiger partial charge is 0.453 e. The molecule has 4 nitrogen and oxygen atoms in total. The smallest absolute Gasteiger partial charge is 0.255 e. The molecule has 1 N–H and O–H groups in total. The number of anilines is 1. The average molecular weight is 319 g/mol. The first-order chi connectivity index (χ1) is 11.6. The Morgan fingerprint density at radius 2 is 1.75 bits per heavy atom. The van der Waals surface area contributed by atoms with E-state index < -0.39 is 0 Å². The summed E-state index contributed by atoms with van der Waals surface area (Å²) in [5, 5.41) is 2.93. The second-order valence-electron chi connectivity index (χ2n) is 5.67. The van der Waals surface area contributed by atoms with Gasteiger partial charge in [-0.1, -0.05) is 29.8 Å². The number of hydrogen-bond acceptors (Lipinski definition) is 3. The molecule has 0 bridgehead atoms. The maximum atomic E-state index is 12.4. The summed E-state index contributed by atoms with van der Waals surface area (Å²) in [5.74, 6) is 0.696. The van der Waals surface area contributed by atoms with Gasteiger partial charge in [0.25, 0.3) is 5.91 Å². The number of rotatable bonds is 4. The maximum Gasteiger partial charge on any atom is 0.255 e. The third-order valence-corrected chi connectivity index (χ3v) is 3.83. The van der Waals surface area contributed by atoms with Gasteiger partial charge in [-0.2, -0.15) is 0 Å². The lowest BCUT2D eigenvalue weighted by atomic mass is 10.1. The number of carbonyl (C=O) groups is 2. The second kappa shape index (κ2) is 6.54. The number of aryl methyl sites for hydroxylation is 2. The fourth-order valence-corrected chi connectivity index (χ4v) is 2.38. The normalized spacial score (nSPS) is 10.4. The van der Waals surface area contributed by atoms with Crippen molar-refractivity contribution >= 4 is 17.9 Å². The van der Waals surface area contributed by atoms with E-state index in [1.807, 2.05) is 44.2 Å². The molecule has 0 unspecified atom stereocenters. The quantitative estimate of drug-likeness (QED) is 0.713. The number of amides is 1. The van der Waals surface area contributed by atoms with Crippen LogP contribution in [0.2, 0.25) is 0 Å². The molecular weight excluding hydrogens is 302 g/mol. The van der Waals surface area contributed by atoms with Crippen molar-refractivity contribution in [1.82, 2.24) is 0 Å². The minimum atomic E-state index is -0.164. The molecule has 0 radical (unpaired) electrons. The lowest BCUT2D eigenvalue weighted by Crippen LogP contribution is -2.12. The zero-order chi connectivity index (χ0) is 17.1. The standard InChI is InChI=1S/C20H17NO3/c1-13-3-6-15(7-4-13)20(23)21-18-11-16(8-5-14(18)2)19-10-9-17(12-22)24-19/h3-12H,1-2H3,(H,21,23). The molecule has 1 heterocycles. The first kappa shape index (κ1) is 15.7. The lowest BCUT2D eigenvalue weighted by Gasteiger charge is -2.10. The maximum absolute atomic E-state index is 12.4. The van der Waals surface area contributed by atoms with Crippen LogP contribution in [0.5, 0.6) is 0 Å². The highest BCUT2D eigenvalue weighted by atomic mass is 16.3. The van der Waals surface area contributed by atoms with Gasteiger partial charge in [-0.05, 0) is 49.7 Å². The Morgan fingerprint density at radius 3 is 2.42 bits per heavy atom. The summed E-state index contributed by atoms with van der Waals surface area (Å²) in [6.07, 6.45) is 0.664. The van der Waals surface area contributed by atoms with Crippen LogP contribution < -0.4 is 5.32 Å². The zero-order valence-electron chi connectivity index (χ0n) is 13.5. The van der Waals surface area contributed by atoms with Crippen LogP contribution in [-0.4, -0.2) is 12.2 Å². The van der Waals surface area contributed by atoms with E-state index in [1.54, 1.807) is 24.3 Å². The van der Waals surface area contributed by atoms with Gasteiger partial charge >= 0.3 is 0 Å². The molecule has 0 aliphatic rings. The van der Waals surface area contributed by atoms with E-state index in [2.05, 4.69) is 5.32 Å². The Morgan fingerprint density at radius 1 is 1.00 bits per heavy atom. The summed E-state index contributed by atoms with van der Waals surface area (Å²) >= 11 is 0. The monoisotopic (exact) mass is 319 g/mol. The van der Waals surface area contributed by atoms with Gasteiger partial charge in [0.1, 0.15) is 5.76 Å². The van der Waals surface area contributed by atoms with Crippen LogP contribution in [0, 0.1) is 13.8 Å². The molecule has 0 aliphatic heterocycles. The lowest BCUT2D eigenvalue weighted by molar-refractivity contribution is 0.102. The first-order valence-corrected chi connectivity index (χ1v) is 7.61. The highest BCUT2D eigenvalue weighted by Crippen LogP contribution is 2.27. The molecule has 2 aromatic carbocycles. The van der Waals surface area contributed by atoms with Crippen molar-refractivity contribution in [3.8, 4) is 11.3 Å². The molecule has 0 aliphatic carbocycles. The Balaban J connectivity index is 1.87. The molecule has 1 aromatic heterocycles. The molecule has 120 valence electrons. The average Bonchev–Trinajstić information content (AvgIpc) is 3.06. The Hall–Kier alpha value is -3.14. The molecule has 24 heavy (non-hydrogen) atoms. The highest BCUT2D eigenvalue weighted by molar-refractivity contribution is 6.04. The number of hydrogen-bond donors (Lipinski definition) is 1. The Bertz CT molecular complexity index is 892. The van der Waals surface area contributed by atoms with Crippen molar-refractivity contribution in [2.75, 3.05) is 5.32 Å². The third kappa shape index (κ3) is 3.27. The van der Waals surface area contributed by atoms with Crippen LogP contribution in [0.1, 0.15) is 32.0 Å². The zero-order valence-corrected chi connectivity index (χ0v) is 13.5. The molecule has 0 spiro atoms. The van der Waals surface area contributed by atoms with Crippen molar-refractivity contribution in [2.24, 2.45) is 0 Å². The van der Waals surface area contributed by atoms with Crippen LogP contribution in [0.4, 0.5) is 5.69 Å². The van der Waals surface area contributed by atoms with E-state index in [9.17, 15) is 9.59 Å². The van der Waals surface area contributed by atoms with Crippen LogP contribution in [0.25, 0.3) is 11.3 Å². The molecular formula is C20H17NO3. The van der Waals surface area contributed by atoms with Crippen LogP contribution in [0.3, 0.4) is 0 Å². The van der Waals surface area contributed by atoms with Crippen LogP contribution >= 0.6 is 0 Å². The van der Waals surface area contributed by atoms with Gasteiger partial charge in [0.15, 0.2) is 12.0 Å². The van der Waals surface area contributed by atoms with Gasteiger partial charge in [-0.25, -0.2) is 0 Å². The topological polar surface area (TPSA) is 59.3 Å². The van der Waals surface area contributed by atoms with Gasteiger partial charge in [-0.15, -0.1) is 0 Å². The van der Waals surface area contributed by atoms with E-state index in [1.165, 1.54) is 0 Å². The third-order valence-electron chi connectivity index (χ3n) is 3.83. The SMILES string of the molecule is Cc1ccc(C(=O)Nc2cc(-c3ccc(C=O)o3)ccc2C)cc1. The first-order valence-electron chi connectivity index (χ1n) is 7.61. The van der Waals surface area contributed by atoms with Crippen molar-refractivity contribution in [1.29, 1.82) is 0 Å². The summed E-state index contributed by atoms with van der Waals surface area (Å²) < 4.78 is 5.44. The highest BCUT2D eigenvalue weighted by Gasteiger charge is 2.10. The van der Waals surface area contributed by atoms with Gasteiger partial charge in [-0.3, -0.25) is 9.59 Å². The van der Waals surface area contributed by atoms with Crippen molar-refractivity contribution in [3.05, 3.63) is 77.0 Å². The molecule has 0 saturated carbocycles.